The molecule has 5 N–H and O–H groups in total. The van der Waals surface area contributed by atoms with Crippen LogP contribution in [0, 0.1) is 11.8 Å². The van der Waals surface area contributed by atoms with Crippen molar-refractivity contribution in [3.8, 4) is 5.75 Å². The number of para-hydroxylation sites is 1. The molecule has 0 saturated carbocycles. The van der Waals surface area contributed by atoms with Crippen molar-refractivity contribution in [2.75, 3.05) is 58.9 Å². The lowest BCUT2D eigenvalue weighted by atomic mass is 9.89. The third-order valence-corrected chi connectivity index (χ3v) is 8.81. The highest BCUT2D eigenvalue weighted by molar-refractivity contribution is 6.15. The zero-order chi connectivity index (χ0) is 34.1. The molecule has 1 saturated heterocycles. The van der Waals surface area contributed by atoms with Gasteiger partial charge in [-0.05, 0) is 30.9 Å². The normalized spacial score (nSPS) is 22.1. The number of ketones is 1. The molecule has 256 valence electrons. The fourth-order valence-corrected chi connectivity index (χ4v) is 6.38. The Morgan fingerprint density at radius 3 is 2.28 bits per heavy atom. The van der Waals surface area contributed by atoms with Gasteiger partial charge in [-0.1, -0.05) is 25.1 Å². The van der Waals surface area contributed by atoms with E-state index in [2.05, 4.69) is 10.3 Å². The molecule has 15 heteroatoms. The SMILES string of the molecule is CC(CC(=O)O)C(C(=O)O)N1CCNCCN(C(CCC(=O)O)C(=O)O)CCN(CC2=CCC3C(=O)c4ccccc4OC3=N2)CC1. The van der Waals surface area contributed by atoms with Gasteiger partial charge in [-0.25, -0.2) is 4.99 Å². The second kappa shape index (κ2) is 16.6. The number of carboxylic acid groups (broad SMARTS) is 4. The van der Waals surface area contributed by atoms with E-state index < -0.39 is 47.8 Å². The van der Waals surface area contributed by atoms with Crippen molar-refractivity contribution < 1.29 is 49.1 Å². The maximum Gasteiger partial charge on any atom is 0.321 e. The van der Waals surface area contributed by atoms with Gasteiger partial charge >= 0.3 is 23.9 Å². The predicted molar refractivity (Wildman–Crippen MR) is 169 cm³/mol. The molecule has 1 aromatic rings. The van der Waals surface area contributed by atoms with Crippen LogP contribution < -0.4 is 10.1 Å². The summed E-state index contributed by atoms with van der Waals surface area (Å²) in [6, 6.07) is 4.93. The first-order valence-electron chi connectivity index (χ1n) is 15.8. The van der Waals surface area contributed by atoms with Gasteiger partial charge in [0.05, 0.1) is 11.3 Å². The predicted octanol–water partition coefficient (Wildman–Crippen LogP) is 0.955. The molecule has 47 heavy (non-hydrogen) atoms. The van der Waals surface area contributed by atoms with Crippen molar-refractivity contribution in [2.45, 2.75) is 44.7 Å². The first kappa shape index (κ1) is 35.7. The number of nitrogens with one attached hydrogen (secondary N) is 1. The zero-order valence-corrected chi connectivity index (χ0v) is 26.4. The number of benzene rings is 1. The molecule has 1 aromatic carbocycles. The van der Waals surface area contributed by atoms with Gasteiger partial charge in [-0.2, -0.15) is 0 Å². The van der Waals surface area contributed by atoms with Gasteiger partial charge in [-0.3, -0.25) is 38.7 Å². The van der Waals surface area contributed by atoms with Gasteiger partial charge < -0.3 is 30.5 Å². The number of hydrogen-bond acceptors (Lipinski definition) is 11. The number of fused-ring (bicyclic) bond motifs is 2. The topological polar surface area (TPSA) is 210 Å². The van der Waals surface area contributed by atoms with E-state index in [-0.39, 0.29) is 38.1 Å². The lowest BCUT2D eigenvalue weighted by Gasteiger charge is -2.37. The largest absolute Gasteiger partial charge is 0.481 e. The molecule has 0 amide bonds. The maximum atomic E-state index is 13.1. The van der Waals surface area contributed by atoms with E-state index in [1.807, 2.05) is 11.0 Å². The van der Waals surface area contributed by atoms with Crippen LogP contribution in [0.5, 0.6) is 5.75 Å². The number of hydrogen-bond donors (Lipinski definition) is 5. The molecular formula is C32H43N5O10. The van der Waals surface area contributed by atoms with E-state index in [4.69, 9.17) is 4.74 Å². The van der Waals surface area contributed by atoms with Crippen molar-refractivity contribution in [2.24, 2.45) is 16.8 Å². The minimum Gasteiger partial charge on any atom is -0.481 e. The average molecular weight is 658 g/mol. The van der Waals surface area contributed by atoms with Gasteiger partial charge in [0, 0.05) is 71.7 Å². The Labute approximate surface area is 272 Å². The van der Waals surface area contributed by atoms with Crippen LogP contribution in [0.25, 0.3) is 0 Å². The molecule has 3 heterocycles. The molecule has 1 fully saturated rings. The highest BCUT2D eigenvalue weighted by Gasteiger charge is 2.37. The molecule has 0 radical (unpaired) electrons. The Hall–Kier alpha value is -4.18. The molecule has 4 atom stereocenters. The third kappa shape index (κ3) is 9.67. The van der Waals surface area contributed by atoms with Gasteiger partial charge in [0.25, 0.3) is 0 Å². The van der Waals surface area contributed by atoms with Gasteiger partial charge in [0.1, 0.15) is 23.8 Å². The zero-order valence-electron chi connectivity index (χ0n) is 26.4. The number of rotatable bonds is 12. The number of carbonyl (C=O) groups excluding carboxylic acids is 1. The van der Waals surface area contributed by atoms with Crippen LogP contribution >= 0.6 is 0 Å². The van der Waals surface area contributed by atoms with Crippen LogP contribution in [0.15, 0.2) is 41.0 Å². The van der Waals surface area contributed by atoms with Crippen LogP contribution in [0.2, 0.25) is 0 Å². The molecule has 4 rings (SSSR count). The standard InChI is InChI=1S/C32H43N5O10/c1-20(18-27(40)41)28(32(45)46)37-13-11-33-10-12-36(24(31(43)44)8-9-26(38)39)16-14-35(15-17-37)19-21-6-7-23-29(42)22-4-2-3-5-25(22)47-30(23)34-21/h2-6,20,23-24,28,33H,7-19H2,1H3,(H,38,39)(H,40,41)(H,43,44)(H,45,46). The molecule has 0 spiro atoms. The summed E-state index contributed by atoms with van der Waals surface area (Å²) in [5, 5.41) is 41.9. The lowest BCUT2D eigenvalue weighted by Crippen LogP contribution is -2.53. The number of nitrogens with zero attached hydrogens (tertiary/aromatic N) is 4. The second-order valence-electron chi connectivity index (χ2n) is 12.1. The van der Waals surface area contributed by atoms with Crippen LogP contribution in [-0.2, 0) is 19.2 Å². The number of carbonyl (C=O) groups is 5. The number of allylic oxidation sites excluding steroid dienone is 1. The number of aliphatic carboxylic acids is 4. The minimum atomic E-state index is -1.11. The van der Waals surface area contributed by atoms with E-state index in [9.17, 15) is 44.4 Å². The van der Waals surface area contributed by atoms with Crippen molar-refractivity contribution in [3.63, 3.8) is 0 Å². The first-order valence-corrected chi connectivity index (χ1v) is 15.8. The molecular weight excluding hydrogens is 614 g/mol. The van der Waals surface area contributed by atoms with Crippen LogP contribution in [0.1, 0.15) is 43.0 Å². The Balaban J connectivity index is 1.57. The number of ether oxygens (including phenoxy) is 1. The average Bonchev–Trinajstić information content (AvgIpc) is 2.99. The minimum absolute atomic E-state index is 0.0623. The maximum absolute atomic E-state index is 13.1. The summed E-state index contributed by atoms with van der Waals surface area (Å²) in [6.45, 7) is 4.52. The van der Waals surface area contributed by atoms with Crippen LogP contribution in [-0.4, -0.2) is 142 Å². The number of Topliss-reactive ketones (excluding diaryl/α,β-unsaturated/α-hetero) is 1. The van der Waals surface area contributed by atoms with Crippen molar-refractivity contribution in [1.82, 2.24) is 20.0 Å². The molecule has 0 aliphatic carbocycles. The van der Waals surface area contributed by atoms with Gasteiger partial charge in [-0.15, -0.1) is 0 Å². The van der Waals surface area contributed by atoms with Crippen molar-refractivity contribution in [1.29, 1.82) is 0 Å². The molecule has 3 aliphatic rings. The third-order valence-electron chi connectivity index (χ3n) is 8.81. The van der Waals surface area contributed by atoms with E-state index in [1.165, 1.54) is 0 Å². The van der Waals surface area contributed by atoms with Gasteiger partial charge in [0.2, 0.25) is 5.90 Å². The summed E-state index contributed by atoms with van der Waals surface area (Å²) in [5.74, 6) is -4.90. The summed E-state index contributed by atoms with van der Waals surface area (Å²) >= 11 is 0. The second-order valence-corrected chi connectivity index (χ2v) is 12.1. The Kier molecular flexibility index (Phi) is 12.6. The quantitative estimate of drug-likeness (QED) is 0.212. The van der Waals surface area contributed by atoms with E-state index in [1.54, 1.807) is 41.0 Å². The smallest absolute Gasteiger partial charge is 0.321 e. The summed E-state index contributed by atoms with van der Waals surface area (Å²) < 4.78 is 6.01. The van der Waals surface area contributed by atoms with Crippen LogP contribution in [0.3, 0.4) is 0 Å². The molecule has 0 aromatic heterocycles. The van der Waals surface area contributed by atoms with E-state index in [0.717, 1.165) is 0 Å². The van der Waals surface area contributed by atoms with Crippen molar-refractivity contribution >= 4 is 35.6 Å². The molecule has 15 nitrogen and oxygen atoms in total. The fraction of sp³-hybridized carbons (Fsp3) is 0.562. The monoisotopic (exact) mass is 657 g/mol. The summed E-state index contributed by atoms with van der Waals surface area (Å²) in [5.41, 5.74) is 1.15. The fourth-order valence-electron chi connectivity index (χ4n) is 6.38. The Morgan fingerprint density at radius 2 is 1.62 bits per heavy atom. The van der Waals surface area contributed by atoms with E-state index >= 15 is 0 Å². The number of aliphatic imine (C=N–C) groups is 1. The highest BCUT2D eigenvalue weighted by atomic mass is 16.5. The summed E-state index contributed by atoms with van der Waals surface area (Å²) in [7, 11) is 0. The molecule has 0 bridgehead atoms. The lowest BCUT2D eigenvalue weighted by molar-refractivity contribution is -0.147. The molecule has 4 unspecified atom stereocenters. The first-order chi connectivity index (χ1) is 22.4. The highest BCUT2D eigenvalue weighted by Crippen LogP contribution is 2.33. The summed E-state index contributed by atoms with van der Waals surface area (Å²) in [6.07, 6.45) is 1.61. The number of carboxylic acids is 4. The van der Waals surface area contributed by atoms with Gasteiger partial charge in [0.15, 0.2) is 5.78 Å². The van der Waals surface area contributed by atoms with Crippen molar-refractivity contribution in [3.05, 3.63) is 41.6 Å². The Morgan fingerprint density at radius 1 is 0.936 bits per heavy atom. The van der Waals surface area contributed by atoms with E-state index in [0.29, 0.717) is 75.1 Å². The molecule has 3 aliphatic heterocycles. The van der Waals surface area contributed by atoms with Crippen LogP contribution in [0.4, 0.5) is 0 Å². The summed E-state index contributed by atoms with van der Waals surface area (Å²) in [4.78, 5) is 70.6. The Bertz CT molecular complexity index is 1400.